The summed E-state index contributed by atoms with van der Waals surface area (Å²) in [4.78, 5) is 11.3. The third-order valence-electron chi connectivity index (χ3n) is 4.64. The van der Waals surface area contributed by atoms with Crippen LogP contribution in [0.2, 0.25) is 0 Å². The molecule has 1 atom stereocenters. The first-order valence-electron chi connectivity index (χ1n) is 8.96. The predicted molar refractivity (Wildman–Crippen MR) is 104 cm³/mol. The fourth-order valence-electron chi connectivity index (χ4n) is 3.24. The average Bonchev–Trinajstić information content (AvgIpc) is 2.72. The Kier molecular flexibility index (Phi) is 5.05. The van der Waals surface area contributed by atoms with Crippen molar-refractivity contribution in [2.24, 2.45) is 5.73 Å². The fourth-order valence-corrected chi connectivity index (χ4v) is 3.24. The molecule has 138 valence electrons. The van der Waals surface area contributed by atoms with E-state index in [1.165, 1.54) is 0 Å². The van der Waals surface area contributed by atoms with Crippen LogP contribution in [0, 0.1) is 0 Å². The number of fused-ring (bicyclic) bond motifs is 1. The molecule has 1 aliphatic heterocycles. The van der Waals surface area contributed by atoms with Gasteiger partial charge in [0.2, 0.25) is 5.91 Å². The molecule has 5 heteroatoms. The highest BCUT2D eigenvalue weighted by atomic mass is 16.6. The molecule has 1 amide bonds. The summed E-state index contributed by atoms with van der Waals surface area (Å²) >= 11 is 0. The number of ether oxygens (including phenoxy) is 3. The van der Waals surface area contributed by atoms with Crippen LogP contribution in [0.25, 0.3) is 21.9 Å². The van der Waals surface area contributed by atoms with Crippen LogP contribution < -0.4 is 10.5 Å². The molecule has 1 saturated heterocycles. The van der Waals surface area contributed by atoms with E-state index in [2.05, 4.69) is 12.1 Å². The molecule has 5 nitrogen and oxygen atoms in total. The van der Waals surface area contributed by atoms with Crippen molar-refractivity contribution in [1.29, 1.82) is 0 Å². The molecule has 0 aromatic heterocycles. The normalized spacial score (nSPS) is 17.0. The maximum absolute atomic E-state index is 11.3. The van der Waals surface area contributed by atoms with Crippen molar-refractivity contribution in [3.8, 4) is 16.9 Å². The lowest BCUT2D eigenvalue weighted by Crippen LogP contribution is -2.33. The minimum absolute atomic E-state index is 0.0523. The summed E-state index contributed by atoms with van der Waals surface area (Å²) in [6.07, 6.45) is -0.0523. The molecule has 3 aromatic carbocycles. The van der Waals surface area contributed by atoms with Gasteiger partial charge >= 0.3 is 0 Å². The number of hydrogen-bond donors (Lipinski definition) is 1. The first-order chi connectivity index (χ1) is 13.2. The number of rotatable bonds is 5. The molecule has 0 bridgehead atoms. The number of amides is 1. The van der Waals surface area contributed by atoms with Crippen LogP contribution in [-0.2, 0) is 9.47 Å². The van der Waals surface area contributed by atoms with Crippen LogP contribution in [0.1, 0.15) is 10.4 Å². The summed E-state index contributed by atoms with van der Waals surface area (Å²) < 4.78 is 17.1. The standard InChI is InChI=1S/C22H21NO4/c23-22(24)16-7-5-15(6-8-16)21-12-18(11-17-3-1-2-4-20(17)21)27-14-19-13-25-9-10-26-19/h1-8,11-12,19H,9-10,13-14H2,(H2,23,24). The van der Waals surface area contributed by atoms with Gasteiger partial charge in [0.15, 0.2) is 0 Å². The van der Waals surface area contributed by atoms with Crippen LogP contribution in [0.15, 0.2) is 60.7 Å². The summed E-state index contributed by atoms with van der Waals surface area (Å²) in [5.41, 5.74) is 7.88. The van der Waals surface area contributed by atoms with Crippen LogP contribution in [-0.4, -0.2) is 38.4 Å². The molecular weight excluding hydrogens is 342 g/mol. The highest BCUT2D eigenvalue weighted by molar-refractivity contribution is 5.99. The van der Waals surface area contributed by atoms with E-state index in [-0.39, 0.29) is 6.10 Å². The number of benzene rings is 3. The van der Waals surface area contributed by atoms with Crippen molar-refractivity contribution in [2.45, 2.75) is 6.10 Å². The monoisotopic (exact) mass is 363 g/mol. The van der Waals surface area contributed by atoms with Crippen LogP contribution in [0.4, 0.5) is 0 Å². The molecule has 0 spiro atoms. The molecule has 3 aromatic rings. The number of nitrogens with two attached hydrogens (primary N) is 1. The Morgan fingerprint density at radius 3 is 2.63 bits per heavy atom. The smallest absolute Gasteiger partial charge is 0.248 e. The van der Waals surface area contributed by atoms with Gasteiger partial charge in [0.25, 0.3) is 0 Å². The zero-order valence-corrected chi connectivity index (χ0v) is 14.9. The Bertz CT molecular complexity index is 946. The third-order valence-corrected chi connectivity index (χ3v) is 4.64. The largest absolute Gasteiger partial charge is 0.491 e. The van der Waals surface area contributed by atoms with Crippen LogP contribution in [0.3, 0.4) is 0 Å². The van der Waals surface area contributed by atoms with E-state index in [1.807, 2.05) is 36.4 Å². The highest BCUT2D eigenvalue weighted by Crippen LogP contribution is 2.33. The van der Waals surface area contributed by atoms with Gasteiger partial charge in [0, 0.05) is 5.56 Å². The van der Waals surface area contributed by atoms with Gasteiger partial charge in [-0.3, -0.25) is 4.79 Å². The Morgan fingerprint density at radius 2 is 1.89 bits per heavy atom. The van der Waals surface area contributed by atoms with Gasteiger partial charge in [-0.15, -0.1) is 0 Å². The maximum atomic E-state index is 11.3. The van der Waals surface area contributed by atoms with Crippen molar-refractivity contribution < 1.29 is 19.0 Å². The Hall–Kier alpha value is -2.89. The first kappa shape index (κ1) is 17.5. The van der Waals surface area contributed by atoms with E-state index in [1.54, 1.807) is 12.1 Å². The number of carbonyl (C=O) groups is 1. The molecule has 4 rings (SSSR count). The second-order valence-corrected chi connectivity index (χ2v) is 6.51. The lowest BCUT2D eigenvalue weighted by Gasteiger charge is -2.23. The van der Waals surface area contributed by atoms with E-state index < -0.39 is 5.91 Å². The van der Waals surface area contributed by atoms with Crippen molar-refractivity contribution in [1.82, 2.24) is 0 Å². The van der Waals surface area contributed by atoms with Crippen LogP contribution in [0.5, 0.6) is 5.75 Å². The molecule has 1 fully saturated rings. The van der Waals surface area contributed by atoms with Gasteiger partial charge in [-0.2, -0.15) is 0 Å². The average molecular weight is 363 g/mol. The van der Waals surface area contributed by atoms with Crippen molar-refractivity contribution in [2.75, 3.05) is 26.4 Å². The Morgan fingerprint density at radius 1 is 1.07 bits per heavy atom. The second kappa shape index (κ2) is 7.78. The topological polar surface area (TPSA) is 70.8 Å². The van der Waals surface area contributed by atoms with Gasteiger partial charge in [0.1, 0.15) is 18.5 Å². The molecule has 2 N–H and O–H groups in total. The van der Waals surface area contributed by atoms with Crippen molar-refractivity contribution >= 4 is 16.7 Å². The van der Waals surface area contributed by atoms with E-state index in [0.29, 0.717) is 32.0 Å². The molecular formula is C22H21NO4. The highest BCUT2D eigenvalue weighted by Gasteiger charge is 2.16. The van der Waals surface area contributed by atoms with E-state index in [4.69, 9.17) is 19.9 Å². The van der Waals surface area contributed by atoms with Gasteiger partial charge in [-0.05, 0) is 46.2 Å². The number of primary amides is 1. The molecule has 0 saturated carbocycles. The van der Waals surface area contributed by atoms with E-state index in [0.717, 1.165) is 27.6 Å². The lowest BCUT2D eigenvalue weighted by atomic mass is 9.97. The summed E-state index contributed by atoms with van der Waals surface area (Å²) in [5.74, 6) is 0.343. The quantitative estimate of drug-likeness (QED) is 0.754. The lowest BCUT2D eigenvalue weighted by molar-refractivity contribution is -0.101. The summed E-state index contributed by atoms with van der Waals surface area (Å²) in [6.45, 7) is 2.23. The molecule has 0 radical (unpaired) electrons. The third kappa shape index (κ3) is 3.94. The minimum Gasteiger partial charge on any atom is -0.491 e. The molecule has 1 aliphatic rings. The van der Waals surface area contributed by atoms with Gasteiger partial charge in [0.05, 0.1) is 19.8 Å². The molecule has 1 heterocycles. The van der Waals surface area contributed by atoms with Crippen LogP contribution >= 0.6 is 0 Å². The van der Waals surface area contributed by atoms with Gasteiger partial charge in [-0.1, -0.05) is 36.4 Å². The first-order valence-corrected chi connectivity index (χ1v) is 8.96. The number of carbonyl (C=O) groups excluding carboxylic acids is 1. The van der Waals surface area contributed by atoms with E-state index in [9.17, 15) is 4.79 Å². The maximum Gasteiger partial charge on any atom is 0.248 e. The summed E-state index contributed by atoms with van der Waals surface area (Å²) in [5, 5.41) is 2.21. The fraction of sp³-hybridized carbons (Fsp3) is 0.227. The Balaban J connectivity index is 1.66. The summed E-state index contributed by atoms with van der Waals surface area (Å²) in [7, 11) is 0. The SMILES string of the molecule is NC(=O)c1ccc(-c2cc(OCC3COCCO3)cc3ccccc23)cc1. The molecule has 1 unspecified atom stereocenters. The molecule has 0 aliphatic carbocycles. The molecule has 27 heavy (non-hydrogen) atoms. The second-order valence-electron chi connectivity index (χ2n) is 6.51. The number of hydrogen-bond acceptors (Lipinski definition) is 4. The van der Waals surface area contributed by atoms with E-state index >= 15 is 0 Å². The van der Waals surface area contributed by atoms with Gasteiger partial charge in [-0.25, -0.2) is 0 Å². The zero-order chi connectivity index (χ0) is 18.6. The predicted octanol–water partition coefficient (Wildman–Crippen LogP) is 3.40. The Labute approximate surface area is 157 Å². The summed E-state index contributed by atoms with van der Waals surface area (Å²) in [6, 6.07) is 19.5. The zero-order valence-electron chi connectivity index (χ0n) is 14.9. The minimum atomic E-state index is -0.432. The van der Waals surface area contributed by atoms with Gasteiger partial charge < -0.3 is 19.9 Å². The van der Waals surface area contributed by atoms with Crippen molar-refractivity contribution in [3.63, 3.8) is 0 Å². The van der Waals surface area contributed by atoms with Crippen molar-refractivity contribution in [3.05, 3.63) is 66.2 Å².